The van der Waals surface area contributed by atoms with Gasteiger partial charge in [-0.1, -0.05) is 13.0 Å². The number of nitrogens with one attached hydrogen (secondary N) is 1. The van der Waals surface area contributed by atoms with Crippen LogP contribution in [-0.4, -0.2) is 62.6 Å². The van der Waals surface area contributed by atoms with E-state index < -0.39 is 0 Å². The monoisotopic (exact) mass is 322 g/mol. The second-order valence-corrected chi connectivity index (χ2v) is 7.11. The summed E-state index contributed by atoms with van der Waals surface area (Å²) in [4.78, 5) is 10.7. The maximum atomic E-state index is 4.43. The zero-order valence-electron chi connectivity index (χ0n) is 14.2. The van der Waals surface area contributed by atoms with Crippen molar-refractivity contribution in [1.29, 1.82) is 0 Å². The number of likely N-dealkylation sites (N-methyl/N-ethyl adjacent to an activating group) is 1. The van der Waals surface area contributed by atoms with Crippen LogP contribution in [0.4, 0.5) is 0 Å². The Morgan fingerprint density at radius 2 is 2.41 bits per heavy atom. The van der Waals surface area contributed by atoms with Gasteiger partial charge in [0.2, 0.25) is 0 Å². The van der Waals surface area contributed by atoms with Crippen LogP contribution in [0.2, 0.25) is 0 Å². The van der Waals surface area contributed by atoms with Crippen molar-refractivity contribution in [2.24, 2.45) is 10.9 Å². The number of aliphatic imine (C=N–C) groups is 1. The predicted octanol–water partition coefficient (Wildman–Crippen LogP) is 2.53. The van der Waals surface area contributed by atoms with Gasteiger partial charge in [-0.3, -0.25) is 4.99 Å². The van der Waals surface area contributed by atoms with Crippen molar-refractivity contribution in [2.75, 3.05) is 46.8 Å². The van der Waals surface area contributed by atoms with Crippen LogP contribution in [0.3, 0.4) is 0 Å². The van der Waals surface area contributed by atoms with Crippen LogP contribution in [0.25, 0.3) is 0 Å². The molecule has 0 bridgehead atoms. The fourth-order valence-corrected chi connectivity index (χ4v) is 3.76. The summed E-state index contributed by atoms with van der Waals surface area (Å²) in [7, 11) is 4.01. The second-order valence-electron chi connectivity index (χ2n) is 6.08. The third kappa shape index (κ3) is 5.29. The molecule has 1 aromatic heterocycles. The Morgan fingerprint density at radius 3 is 3.09 bits per heavy atom. The quantitative estimate of drug-likeness (QED) is 0.645. The van der Waals surface area contributed by atoms with Crippen LogP contribution < -0.4 is 5.32 Å². The maximum absolute atomic E-state index is 4.43. The highest BCUT2D eigenvalue weighted by atomic mass is 32.1. The predicted molar refractivity (Wildman–Crippen MR) is 96.9 cm³/mol. The van der Waals surface area contributed by atoms with Gasteiger partial charge >= 0.3 is 0 Å². The molecule has 1 aliphatic rings. The van der Waals surface area contributed by atoms with Gasteiger partial charge in [0.15, 0.2) is 5.96 Å². The first-order valence-electron chi connectivity index (χ1n) is 8.39. The molecule has 0 radical (unpaired) electrons. The highest BCUT2D eigenvalue weighted by molar-refractivity contribution is 7.09. The number of piperidine rings is 1. The normalized spacial score (nSPS) is 20.1. The number of likely N-dealkylation sites (tertiary alicyclic amines) is 1. The number of hydrogen-bond donors (Lipinski definition) is 1. The highest BCUT2D eigenvalue weighted by Crippen LogP contribution is 2.15. The maximum Gasteiger partial charge on any atom is 0.193 e. The number of thiophene rings is 1. The van der Waals surface area contributed by atoms with E-state index in [1.54, 1.807) is 0 Å². The molecule has 2 rings (SSSR count). The lowest BCUT2D eigenvalue weighted by Gasteiger charge is -2.32. The number of rotatable bonds is 6. The molecule has 1 atom stereocenters. The summed E-state index contributed by atoms with van der Waals surface area (Å²) < 4.78 is 0. The van der Waals surface area contributed by atoms with Crippen LogP contribution in [0, 0.1) is 5.92 Å². The van der Waals surface area contributed by atoms with Crippen molar-refractivity contribution < 1.29 is 0 Å². The Kier molecular flexibility index (Phi) is 7.19. The van der Waals surface area contributed by atoms with Gasteiger partial charge in [0.05, 0.1) is 0 Å². The topological polar surface area (TPSA) is 30.9 Å². The van der Waals surface area contributed by atoms with Crippen LogP contribution in [0.1, 0.15) is 24.6 Å². The molecule has 5 heteroatoms. The first-order chi connectivity index (χ1) is 10.7. The molecule has 124 valence electrons. The van der Waals surface area contributed by atoms with Gasteiger partial charge in [-0.2, -0.15) is 0 Å². The Morgan fingerprint density at radius 1 is 1.55 bits per heavy atom. The van der Waals surface area contributed by atoms with Crippen LogP contribution in [0.5, 0.6) is 0 Å². The van der Waals surface area contributed by atoms with Gasteiger partial charge in [0.25, 0.3) is 0 Å². The molecular weight excluding hydrogens is 292 g/mol. The summed E-state index contributed by atoms with van der Waals surface area (Å²) >= 11 is 1.83. The average Bonchev–Trinajstić information content (AvgIpc) is 3.07. The smallest absolute Gasteiger partial charge is 0.193 e. The SMILES string of the molecule is CCN1CCCC(CNC(=NC)N(C)CCc2cccs2)C1. The van der Waals surface area contributed by atoms with E-state index in [-0.39, 0.29) is 0 Å². The minimum absolute atomic E-state index is 0.746. The van der Waals surface area contributed by atoms with E-state index in [0.717, 1.165) is 31.4 Å². The zero-order valence-corrected chi connectivity index (χ0v) is 15.0. The van der Waals surface area contributed by atoms with E-state index >= 15 is 0 Å². The summed E-state index contributed by atoms with van der Waals surface area (Å²) in [6.45, 7) is 7.96. The molecule has 0 spiro atoms. The van der Waals surface area contributed by atoms with Gasteiger partial charge in [-0.25, -0.2) is 0 Å². The Labute approximate surface area is 139 Å². The van der Waals surface area contributed by atoms with Crippen molar-refractivity contribution in [3.8, 4) is 0 Å². The van der Waals surface area contributed by atoms with Gasteiger partial charge < -0.3 is 15.1 Å². The van der Waals surface area contributed by atoms with Crippen molar-refractivity contribution >= 4 is 17.3 Å². The standard InChI is InChI=1S/C17H30N4S/c1-4-21-10-5-7-15(14-21)13-19-17(18-2)20(3)11-9-16-8-6-12-22-16/h6,8,12,15H,4-5,7,9-11,13-14H2,1-3H3,(H,18,19). The van der Waals surface area contributed by atoms with Gasteiger partial charge in [0.1, 0.15) is 0 Å². The summed E-state index contributed by atoms with van der Waals surface area (Å²) in [5.74, 6) is 1.77. The molecular formula is C17H30N4S. The van der Waals surface area contributed by atoms with Crippen molar-refractivity contribution in [3.05, 3.63) is 22.4 Å². The van der Waals surface area contributed by atoms with E-state index in [0.29, 0.717) is 0 Å². The fraction of sp³-hybridized carbons (Fsp3) is 0.706. The Hall–Kier alpha value is -1.07. The summed E-state index contributed by atoms with van der Waals surface area (Å²) in [6, 6.07) is 4.33. The molecule has 0 saturated carbocycles. The molecule has 0 aliphatic carbocycles. The number of hydrogen-bond acceptors (Lipinski definition) is 3. The molecule has 1 saturated heterocycles. The lowest BCUT2D eigenvalue weighted by atomic mass is 9.98. The summed E-state index contributed by atoms with van der Waals surface area (Å²) in [5.41, 5.74) is 0. The van der Waals surface area contributed by atoms with E-state index in [2.05, 4.69) is 51.6 Å². The van der Waals surface area contributed by atoms with Crippen LogP contribution in [0.15, 0.2) is 22.5 Å². The van der Waals surface area contributed by atoms with E-state index in [9.17, 15) is 0 Å². The van der Waals surface area contributed by atoms with Gasteiger partial charge in [-0.15, -0.1) is 11.3 Å². The van der Waals surface area contributed by atoms with E-state index in [1.165, 1.54) is 37.4 Å². The van der Waals surface area contributed by atoms with Crippen molar-refractivity contribution in [3.63, 3.8) is 0 Å². The Balaban J connectivity index is 1.74. The molecule has 1 aliphatic heterocycles. The van der Waals surface area contributed by atoms with Crippen molar-refractivity contribution in [2.45, 2.75) is 26.2 Å². The molecule has 1 N–H and O–H groups in total. The van der Waals surface area contributed by atoms with Crippen molar-refractivity contribution in [1.82, 2.24) is 15.1 Å². The third-order valence-electron chi connectivity index (χ3n) is 4.45. The molecule has 22 heavy (non-hydrogen) atoms. The summed E-state index contributed by atoms with van der Waals surface area (Å²) in [5, 5.41) is 5.71. The number of nitrogens with zero attached hydrogens (tertiary/aromatic N) is 3. The van der Waals surface area contributed by atoms with E-state index in [1.807, 2.05) is 18.4 Å². The van der Waals surface area contributed by atoms with Gasteiger partial charge in [-0.05, 0) is 49.7 Å². The minimum Gasteiger partial charge on any atom is -0.356 e. The Bertz CT molecular complexity index is 444. The second kappa shape index (κ2) is 9.16. The highest BCUT2D eigenvalue weighted by Gasteiger charge is 2.19. The molecule has 0 aromatic carbocycles. The molecule has 1 unspecified atom stereocenters. The van der Waals surface area contributed by atoms with Gasteiger partial charge in [0, 0.05) is 38.6 Å². The van der Waals surface area contributed by atoms with Crippen LogP contribution in [-0.2, 0) is 6.42 Å². The average molecular weight is 323 g/mol. The van der Waals surface area contributed by atoms with E-state index in [4.69, 9.17) is 0 Å². The summed E-state index contributed by atoms with van der Waals surface area (Å²) in [6.07, 6.45) is 3.74. The molecule has 2 heterocycles. The number of guanidine groups is 1. The molecule has 1 aromatic rings. The molecule has 1 fully saturated rings. The van der Waals surface area contributed by atoms with Crippen LogP contribution >= 0.6 is 11.3 Å². The third-order valence-corrected chi connectivity index (χ3v) is 5.38. The minimum atomic E-state index is 0.746. The lowest BCUT2D eigenvalue weighted by Crippen LogP contribution is -2.45. The zero-order chi connectivity index (χ0) is 15.8. The first kappa shape index (κ1) is 17.3. The fourth-order valence-electron chi connectivity index (χ4n) is 3.06. The molecule has 0 amide bonds. The first-order valence-corrected chi connectivity index (χ1v) is 9.27. The molecule has 4 nitrogen and oxygen atoms in total. The largest absolute Gasteiger partial charge is 0.356 e. The lowest BCUT2D eigenvalue weighted by molar-refractivity contribution is 0.183.